The van der Waals surface area contributed by atoms with E-state index >= 15 is 0 Å². The van der Waals surface area contributed by atoms with Crippen LogP contribution in [0.2, 0.25) is 0 Å². The van der Waals surface area contributed by atoms with E-state index in [1.165, 1.54) is 31.2 Å². The maximum atomic E-state index is 10.8. The summed E-state index contributed by atoms with van der Waals surface area (Å²) in [5.41, 5.74) is 0.519. The summed E-state index contributed by atoms with van der Waals surface area (Å²) in [6.45, 7) is 1.36. The van der Waals surface area contributed by atoms with Crippen molar-refractivity contribution in [3.05, 3.63) is 24.3 Å². The van der Waals surface area contributed by atoms with E-state index in [0.717, 1.165) is 0 Å². The molecule has 0 aliphatic carbocycles. The van der Waals surface area contributed by atoms with E-state index in [1.54, 1.807) is 0 Å². The van der Waals surface area contributed by atoms with E-state index in [1.807, 2.05) is 0 Å². The summed E-state index contributed by atoms with van der Waals surface area (Å²) in [5.74, 6) is -0.223. The van der Waals surface area contributed by atoms with Gasteiger partial charge in [0.1, 0.15) is 0 Å². The van der Waals surface area contributed by atoms with E-state index in [-0.39, 0.29) is 32.2 Å². The monoisotopic (exact) mass is 331 g/mol. The quantitative estimate of drug-likeness (QED) is 0.461. The van der Waals surface area contributed by atoms with Crippen LogP contribution in [-0.2, 0) is 8.53 Å². The maximum Gasteiger partial charge on any atom is -0.412 e. The molecule has 1 rings (SSSR count). The molecule has 0 unspecified atom stereocenters. The molecule has 0 saturated carbocycles. The summed E-state index contributed by atoms with van der Waals surface area (Å²) in [5, 5.41) is 2.50. The molecule has 0 radical (unpaired) electrons. The topological polar surface area (TPSA) is 213 Å². The fourth-order valence-corrected chi connectivity index (χ4v) is 2.07. The smallest absolute Gasteiger partial charge is 0.412 e. The average molecular weight is 331 g/mol. The Hall–Kier alpha value is -1.19. The van der Waals surface area contributed by atoms with Crippen LogP contribution < -0.4 is 9.67 Å². The van der Waals surface area contributed by atoms with Crippen LogP contribution in [0, 0.1) is 0 Å². The Bertz CT molecular complexity index is 387. The number of carbonyl (C=O) groups excluding carboxylic acids is 1. The van der Waals surface area contributed by atoms with Crippen LogP contribution in [0.5, 0.6) is 0 Å². The molecule has 0 saturated heterocycles. The molecular weight excluding hydrogens is 313 g/mol. The van der Waals surface area contributed by atoms with E-state index in [4.69, 9.17) is 8.19 Å². The molecule has 18 heavy (non-hydrogen) atoms. The summed E-state index contributed by atoms with van der Waals surface area (Å²) in [6, 6.07) is 5.53. The predicted octanol–water partition coefficient (Wildman–Crippen LogP) is -4.09. The standard InChI is InChI=1S/C8H10AsNO4.4H2O/c1-6(11)10-8-4-2-7(3-5-8)9(12,13)14;;;;/h2-5H,1H3,(H,10,11)(H2,12,13,14);4*1H2. The molecule has 0 aromatic heterocycles. The second kappa shape index (κ2) is 9.80. The van der Waals surface area contributed by atoms with Crippen LogP contribution in [-0.4, -0.2) is 50.2 Å². The second-order valence-electron chi connectivity index (χ2n) is 2.77. The first kappa shape index (κ1) is 25.6. The molecule has 1 aromatic carbocycles. The molecule has 10 heteroatoms. The van der Waals surface area contributed by atoms with Crippen LogP contribution >= 0.6 is 0 Å². The number of rotatable bonds is 2. The number of hydrogen-bond donors (Lipinski definition) is 3. The van der Waals surface area contributed by atoms with Crippen molar-refractivity contribution in [1.29, 1.82) is 0 Å². The number of anilines is 1. The van der Waals surface area contributed by atoms with Gasteiger partial charge < -0.3 is 21.9 Å². The Morgan fingerprint density at radius 3 is 1.72 bits per heavy atom. The van der Waals surface area contributed by atoms with Gasteiger partial charge in [-0.2, -0.15) is 0 Å². The van der Waals surface area contributed by atoms with Gasteiger partial charge in [0.2, 0.25) is 0 Å². The molecule has 108 valence electrons. The molecule has 0 atom stereocenters. The molecule has 1 amide bonds. The minimum Gasteiger partial charge on any atom is -0.412 e. The van der Waals surface area contributed by atoms with Gasteiger partial charge in [-0.1, -0.05) is 0 Å². The molecular formula is C8H18AsNO8. The fourth-order valence-electron chi connectivity index (χ4n) is 0.942. The Kier molecular flexibility index (Phi) is 13.9. The van der Waals surface area contributed by atoms with Crippen LogP contribution in [0.4, 0.5) is 5.69 Å². The van der Waals surface area contributed by atoms with Gasteiger partial charge in [-0.15, -0.1) is 0 Å². The first-order chi connectivity index (χ1) is 6.39. The largest absolute Gasteiger partial charge is 0.412 e. The molecule has 0 fully saturated rings. The molecule has 0 aliphatic heterocycles. The van der Waals surface area contributed by atoms with Crippen molar-refractivity contribution in [2.45, 2.75) is 6.92 Å². The van der Waals surface area contributed by atoms with Gasteiger partial charge in [0.15, 0.2) is 0 Å². The van der Waals surface area contributed by atoms with Gasteiger partial charge in [0, 0.05) is 0 Å². The van der Waals surface area contributed by atoms with E-state index in [2.05, 4.69) is 5.32 Å². The van der Waals surface area contributed by atoms with Gasteiger partial charge in [0.05, 0.1) is 0 Å². The number of carbonyl (C=O) groups is 1. The second-order valence-corrected chi connectivity index (χ2v) is 6.14. The van der Waals surface area contributed by atoms with Crippen LogP contribution in [0.25, 0.3) is 0 Å². The van der Waals surface area contributed by atoms with Crippen LogP contribution in [0.1, 0.15) is 6.92 Å². The minimum atomic E-state index is -4.78. The zero-order chi connectivity index (χ0) is 10.8. The molecule has 1 aromatic rings. The minimum absolute atomic E-state index is 0. The normalized spacial score (nSPS) is 8.61. The molecule has 0 bridgehead atoms. The molecule has 0 heterocycles. The SMILES string of the molecule is CC(=O)Nc1ccc([As](=O)(O)O)cc1.O.O.O.O. The van der Waals surface area contributed by atoms with Crippen molar-refractivity contribution < 1.29 is 38.6 Å². The van der Waals surface area contributed by atoms with Gasteiger partial charge in [-0.3, -0.25) is 0 Å². The van der Waals surface area contributed by atoms with Crippen molar-refractivity contribution in [3.63, 3.8) is 0 Å². The predicted molar refractivity (Wildman–Crippen MR) is 65.7 cm³/mol. The molecule has 0 aliphatic rings. The Morgan fingerprint density at radius 2 is 1.44 bits per heavy atom. The summed E-state index contributed by atoms with van der Waals surface area (Å²) in [7, 11) is 0. The summed E-state index contributed by atoms with van der Waals surface area (Å²) in [6.07, 6.45) is 0. The van der Waals surface area contributed by atoms with Crippen LogP contribution in [0.3, 0.4) is 0 Å². The third-order valence-electron chi connectivity index (χ3n) is 1.52. The third-order valence-corrected chi connectivity index (χ3v) is 3.56. The van der Waals surface area contributed by atoms with Crippen molar-refractivity contribution in [2.75, 3.05) is 5.32 Å². The van der Waals surface area contributed by atoms with Crippen molar-refractivity contribution in [3.8, 4) is 0 Å². The molecule has 9 nitrogen and oxygen atoms in total. The summed E-state index contributed by atoms with van der Waals surface area (Å²) in [4.78, 5) is 10.6. The van der Waals surface area contributed by atoms with Gasteiger partial charge in [-0.05, 0) is 0 Å². The Morgan fingerprint density at radius 1 is 1.06 bits per heavy atom. The average Bonchev–Trinajstić information content (AvgIpc) is 2.02. The third kappa shape index (κ3) is 7.98. The zero-order valence-electron chi connectivity index (χ0n) is 9.47. The Labute approximate surface area is 106 Å². The number of benzene rings is 1. The van der Waals surface area contributed by atoms with Crippen molar-refractivity contribution in [1.82, 2.24) is 0 Å². The van der Waals surface area contributed by atoms with E-state index in [0.29, 0.717) is 5.69 Å². The molecule has 11 N–H and O–H groups in total. The first-order valence-corrected chi connectivity index (χ1v) is 7.21. The van der Waals surface area contributed by atoms with Gasteiger partial charge >= 0.3 is 83.3 Å². The summed E-state index contributed by atoms with van der Waals surface area (Å²) < 4.78 is 28.5. The maximum absolute atomic E-state index is 10.8. The van der Waals surface area contributed by atoms with Crippen LogP contribution in [0.15, 0.2) is 24.3 Å². The zero-order valence-corrected chi connectivity index (χ0v) is 11.3. The Balaban J connectivity index is -0.000000245. The van der Waals surface area contributed by atoms with E-state index in [9.17, 15) is 8.53 Å². The number of nitrogens with one attached hydrogen (secondary N) is 1. The molecule has 0 spiro atoms. The first-order valence-electron chi connectivity index (χ1n) is 3.83. The van der Waals surface area contributed by atoms with E-state index < -0.39 is 14.2 Å². The van der Waals surface area contributed by atoms with Crippen molar-refractivity contribution >= 4 is 30.1 Å². The van der Waals surface area contributed by atoms with Crippen molar-refractivity contribution in [2.24, 2.45) is 0 Å². The van der Waals surface area contributed by atoms with Gasteiger partial charge in [-0.25, -0.2) is 0 Å². The summed E-state index contributed by atoms with van der Waals surface area (Å²) >= 11 is -4.78. The number of amides is 1. The number of hydrogen-bond acceptors (Lipinski definition) is 2. The van der Waals surface area contributed by atoms with Gasteiger partial charge in [0.25, 0.3) is 0 Å². The fraction of sp³-hybridized carbons (Fsp3) is 0.125.